The second-order valence-electron chi connectivity index (χ2n) is 5.61. The van der Waals surface area contributed by atoms with Crippen LogP contribution in [0.1, 0.15) is 21.9 Å². The maximum atomic E-state index is 13.1. The van der Waals surface area contributed by atoms with Gasteiger partial charge < -0.3 is 14.5 Å². The first-order valence-electron chi connectivity index (χ1n) is 8.07. The molecular formula is C18H14FN5O3. The fourth-order valence-corrected chi connectivity index (χ4v) is 2.45. The number of benzene rings is 1. The average molecular weight is 367 g/mol. The van der Waals surface area contributed by atoms with Crippen molar-refractivity contribution in [3.8, 4) is 5.75 Å². The summed E-state index contributed by atoms with van der Waals surface area (Å²) in [6.45, 7) is 0.232. The summed E-state index contributed by atoms with van der Waals surface area (Å²) in [5.74, 6) is -0.241. The molecule has 0 radical (unpaired) electrons. The molecule has 8 nitrogen and oxygen atoms in total. The number of nitrogens with one attached hydrogen (secondary N) is 1. The Labute approximate surface area is 152 Å². The highest BCUT2D eigenvalue weighted by atomic mass is 19.1. The minimum atomic E-state index is -0.401. The van der Waals surface area contributed by atoms with E-state index in [1.54, 1.807) is 35.2 Å². The number of aromatic nitrogens is 4. The van der Waals surface area contributed by atoms with Crippen molar-refractivity contribution in [2.75, 3.05) is 0 Å². The summed E-state index contributed by atoms with van der Waals surface area (Å²) >= 11 is 0. The van der Waals surface area contributed by atoms with Crippen LogP contribution in [0.4, 0.5) is 4.39 Å². The number of carbonyl (C=O) groups is 1. The molecule has 0 unspecified atom stereocenters. The number of fused-ring (bicyclic) bond motifs is 1. The van der Waals surface area contributed by atoms with Crippen LogP contribution in [0.3, 0.4) is 0 Å². The van der Waals surface area contributed by atoms with Gasteiger partial charge in [-0.3, -0.25) is 4.79 Å². The predicted molar refractivity (Wildman–Crippen MR) is 91.4 cm³/mol. The molecule has 1 N–H and O–H groups in total. The fourth-order valence-electron chi connectivity index (χ4n) is 2.45. The summed E-state index contributed by atoms with van der Waals surface area (Å²) in [7, 11) is 0. The fraction of sp³-hybridized carbons (Fsp3) is 0.111. The smallest absolute Gasteiger partial charge is 0.273 e. The van der Waals surface area contributed by atoms with E-state index in [0.717, 1.165) is 5.56 Å². The maximum absolute atomic E-state index is 13.1. The molecule has 27 heavy (non-hydrogen) atoms. The Hall–Kier alpha value is -3.75. The second-order valence-corrected chi connectivity index (χ2v) is 5.61. The van der Waals surface area contributed by atoms with E-state index in [1.165, 1.54) is 24.5 Å². The Morgan fingerprint density at radius 2 is 2.26 bits per heavy atom. The third kappa shape index (κ3) is 3.76. The zero-order valence-corrected chi connectivity index (χ0v) is 14.0. The standard InChI is InChI=1S/C18H14FN5O3/c19-13-3-1-4-14(7-13)26-11-16-23-15(10-27-16)18(25)21-8-12-9-22-24-6-2-5-20-17(12)24/h1-7,9-10H,8,11H2,(H,21,25). The van der Waals surface area contributed by atoms with Gasteiger partial charge in [-0.15, -0.1) is 0 Å². The first-order chi connectivity index (χ1) is 13.2. The molecule has 0 spiro atoms. The number of halogens is 1. The van der Waals surface area contributed by atoms with Gasteiger partial charge in [0.2, 0.25) is 5.89 Å². The van der Waals surface area contributed by atoms with Crippen molar-refractivity contribution >= 4 is 11.6 Å². The molecule has 0 aliphatic carbocycles. The van der Waals surface area contributed by atoms with Gasteiger partial charge >= 0.3 is 0 Å². The lowest BCUT2D eigenvalue weighted by Crippen LogP contribution is -2.23. The van der Waals surface area contributed by atoms with Crippen LogP contribution >= 0.6 is 0 Å². The zero-order valence-electron chi connectivity index (χ0n) is 14.0. The summed E-state index contributed by atoms with van der Waals surface area (Å²) < 4.78 is 25.4. The highest BCUT2D eigenvalue weighted by molar-refractivity contribution is 5.91. The molecule has 9 heteroatoms. The molecule has 3 heterocycles. The molecule has 0 aliphatic heterocycles. The minimum Gasteiger partial charge on any atom is -0.484 e. The maximum Gasteiger partial charge on any atom is 0.273 e. The molecule has 1 amide bonds. The summed E-state index contributed by atoms with van der Waals surface area (Å²) in [6, 6.07) is 7.49. The third-order valence-electron chi connectivity index (χ3n) is 3.73. The van der Waals surface area contributed by atoms with Crippen molar-refractivity contribution in [3.05, 3.63) is 78.2 Å². The molecule has 4 rings (SSSR count). The Kier molecular flexibility index (Phi) is 4.48. The minimum absolute atomic E-state index is 0.0191. The third-order valence-corrected chi connectivity index (χ3v) is 3.73. The van der Waals surface area contributed by atoms with Crippen LogP contribution in [0.25, 0.3) is 5.65 Å². The van der Waals surface area contributed by atoms with Gasteiger partial charge in [-0.05, 0) is 18.2 Å². The van der Waals surface area contributed by atoms with Crippen LogP contribution in [-0.4, -0.2) is 25.5 Å². The summed E-state index contributed by atoms with van der Waals surface area (Å²) in [6.07, 6.45) is 6.32. The van der Waals surface area contributed by atoms with E-state index in [-0.39, 0.29) is 24.7 Å². The van der Waals surface area contributed by atoms with Crippen molar-refractivity contribution in [1.29, 1.82) is 0 Å². The molecule has 0 atom stereocenters. The lowest BCUT2D eigenvalue weighted by molar-refractivity contribution is 0.0946. The first kappa shape index (κ1) is 16.7. The monoisotopic (exact) mass is 367 g/mol. The van der Waals surface area contributed by atoms with Gasteiger partial charge in [0.15, 0.2) is 17.9 Å². The van der Waals surface area contributed by atoms with Crippen LogP contribution in [-0.2, 0) is 13.2 Å². The molecule has 3 aromatic heterocycles. The molecule has 0 saturated heterocycles. The topological polar surface area (TPSA) is 94.6 Å². The van der Waals surface area contributed by atoms with Crippen LogP contribution in [0.15, 0.2) is 59.6 Å². The quantitative estimate of drug-likeness (QED) is 0.562. The second kappa shape index (κ2) is 7.24. The first-order valence-corrected chi connectivity index (χ1v) is 8.07. The normalized spacial score (nSPS) is 10.9. The van der Waals surface area contributed by atoms with Crippen molar-refractivity contribution < 1.29 is 18.3 Å². The van der Waals surface area contributed by atoms with E-state index in [1.807, 2.05) is 0 Å². The Bertz CT molecular complexity index is 1090. The lowest BCUT2D eigenvalue weighted by atomic mass is 10.3. The number of amides is 1. The molecule has 0 bridgehead atoms. The van der Waals surface area contributed by atoms with Gasteiger partial charge in [-0.1, -0.05) is 6.07 Å². The Morgan fingerprint density at radius 1 is 1.33 bits per heavy atom. The molecular weight excluding hydrogens is 353 g/mol. The molecule has 4 aromatic rings. The van der Waals surface area contributed by atoms with E-state index in [9.17, 15) is 9.18 Å². The SMILES string of the molecule is O=C(NCc1cnn2cccnc12)c1coc(COc2cccc(F)c2)n1. The molecule has 0 fully saturated rings. The van der Waals surface area contributed by atoms with Gasteiger partial charge in [0, 0.05) is 30.6 Å². The van der Waals surface area contributed by atoms with E-state index in [0.29, 0.717) is 11.4 Å². The number of hydrogen-bond donors (Lipinski definition) is 1. The van der Waals surface area contributed by atoms with Crippen molar-refractivity contribution in [3.63, 3.8) is 0 Å². The number of carbonyl (C=O) groups excluding carboxylic acids is 1. The van der Waals surface area contributed by atoms with Gasteiger partial charge in [0.1, 0.15) is 17.8 Å². The van der Waals surface area contributed by atoms with E-state index < -0.39 is 11.7 Å². The largest absolute Gasteiger partial charge is 0.484 e. The van der Waals surface area contributed by atoms with Gasteiger partial charge in [-0.25, -0.2) is 18.9 Å². The zero-order chi connectivity index (χ0) is 18.6. The van der Waals surface area contributed by atoms with Crippen LogP contribution in [0, 0.1) is 5.82 Å². The van der Waals surface area contributed by atoms with Crippen molar-refractivity contribution in [2.24, 2.45) is 0 Å². The van der Waals surface area contributed by atoms with E-state index in [4.69, 9.17) is 9.15 Å². The van der Waals surface area contributed by atoms with Crippen LogP contribution in [0.2, 0.25) is 0 Å². The van der Waals surface area contributed by atoms with Crippen molar-refractivity contribution in [1.82, 2.24) is 24.9 Å². The van der Waals surface area contributed by atoms with Gasteiger partial charge in [0.05, 0.1) is 6.20 Å². The highest BCUT2D eigenvalue weighted by Gasteiger charge is 2.14. The molecule has 0 saturated carbocycles. The number of nitrogens with zero attached hydrogens (tertiary/aromatic N) is 4. The van der Waals surface area contributed by atoms with Crippen molar-refractivity contribution in [2.45, 2.75) is 13.2 Å². The molecule has 0 aliphatic rings. The van der Waals surface area contributed by atoms with E-state index >= 15 is 0 Å². The number of hydrogen-bond acceptors (Lipinski definition) is 6. The van der Waals surface area contributed by atoms with Crippen LogP contribution in [0.5, 0.6) is 5.75 Å². The highest BCUT2D eigenvalue weighted by Crippen LogP contribution is 2.14. The molecule has 1 aromatic carbocycles. The van der Waals surface area contributed by atoms with Gasteiger partial charge in [0.25, 0.3) is 5.91 Å². The summed E-state index contributed by atoms with van der Waals surface area (Å²) in [5.41, 5.74) is 1.57. The predicted octanol–water partition coefficient (Wildman–Crippen LogP) is 2.37. The number of oxazole rings is 1. The van der Waals surface area contributed by atoms with Crippen LogP contribution < -0.4 is 10.1 Å². The lowest BCUT2D eigenvalue weighted by Gasteiger charge is -2.02. The number of rotatable bonds is 6. The average Bonchev–Trinajstić information content (AvgIpc) is 3.32. The molecule has 136 valence electrons. The Balaban J connectivity index is 1.35. The number of ether oxygens (including phenoxy) is 1. The van der Waals surface area contributed by atoms with E-state index in [2.05, 4.69) is 20.4 Å². The van der Waals surface area contributed by atoms with Gasteiger partial charge in [-0.2, -0.15) is 5.10 Å². The Morgan fingerprint density at radius 3 is 3.15 bits per heavy atom. The summed E-state index contributed by atoms with van der Waals surface area (Å²) in [4.78, 5) is 20.5. The summed E-state index contributed by atoms with van der Waals surface area (Å²) in [5, 5.41) is 6.90.